The van der Waals surface area contributed by atoms with Crippen molar-refractivity contribution in [1.82, 2.24) is 10.3 Å². The number of carbonyl (C=O) groups is 1. The summed E-state index contributed by atoms with van der Waals surface area (Å²) in [4.78, 5) is 12.2. The summed E-state index contributed by atoms with van der Waals surface area (Å²) in [5, 5.41) is 3.83. The van der Waals surface area contributed by atoms with Crippen LogP contribution < -0.4 is 5.43 Å². The molecule has 0 amide bonds. The summed E-state index contributed by atoms with van der Waals surface area (Å²) in [7, 11) is 0. The van der Waals surface area contributed by atoms with Crippen LogP contribution in [0.4, 0.5) is 4.39 Å². The lowest BCUT2D eigenvalue weighted by molar-refractivity contribution is -0.111. The Hall–Kier alpha value is -1.39. The number of nitrogens with zero attached hydrogens (tertiary/aromatic N) is 2. The van der Waals surface area contributed by atoms with Gasteiger partial charge in [-0.2, -0.15) is 5.10 Å². The van der Waals surface area contributed by atoms with Crippen molar-refractivity contribution in [2.45, 2.75) is 20.0 Å². The first-order chi connectivity index (χ1) is 6.19. The molecule has 1 atom stereocenters. The van der Waals surface area contributed by atoms with Gasteiger partial charge in [-0.1, -0.05) is 0 Å². The number of amidine groups is 1. The maximum absolute atomic E-state index is 12.5. The van der Waals surface area contributed by atoms with E-state index in [9.17, 15) is 9.18 Å². The fraction of sp³-hybridized carbons (Fsp3) is 0.500. The molecule has 13 heavy (non-hydrogen) atoms. The Morgan fingerprint density at radius 3 is 3.00 bits per heavy atom. The largest absolute Gasteiger partial charge is 0.328 e. The molecule has 0 saturated carbocycles. The molecule has 72 valence electrons. The third-order valence-corrected chi connectivity index (χ3v) is 1.74. The molecule has 4 nitrogen and oxygen atoms in total. The molecule has 1 heterocycles. The monoisotopic (exact) mass is 185 g/mol. The van der Waals surface area contributed by atoms with E-state index in [1.807, 2.05) is 6.92 Å². The standard InChI is InChI=1S/C8H12FN3O/c1-3-12-7(4-6(2)9)10-11-8(12)5-13/h4-5,8,11H,3H2,1-2H3. The Kier molecular flexibility index (Phi) is 3.00. The predicted octanol–water partition coefficient (Wildman–Crippen LogP) is 0.623. The molecule has 0 bridgehead atoms. The number of rotatable bonds is 3. The van der Waals surface area contributed by atoms with Crippen LogP contribution in [0.1, 0.15) is 13.8 Å². The lowest BCUT2D eigenvalue weighted by Crippen LogP contribution is -2.40. The van der Waals surface area contributed by atoms with E-state index < -0.39 is 6.17 Å². The van der Waals surface area contributed by atoms with Crippen molar-refractivity contribution in [3.63, 3.8) is 0 Å². The summed E-state index contributed by atoms with van der Waals surface area (Å²) in [6, 6.07) is 0. The van der Waals surface area contributed by atoms with Crippen LogP contribution in [-0.2, 0) is 4.79 Å². The highest BCUT2D eigenvalue weighted by Crippen LogP contribution is 2.07. The van der Waals surface area contributed by atoms with Crippen LogP contribution in [0.2, 0.25) is 0 Å². The van der Waals surface area contributed by atoms with Gasteiger partial charge in [0, 0.05) is 12.6 Å². The molecule has 5 heteroatoms. The van der Waals surface area contributed by atoms with E-state index in [2.05, 4.69) is 10.5 Å². The number of aldehydes is 1. The zero-order valence-electron chi connectivity index (χ0n) is 7.62. The summed E-state index contributed by atoms with van der Waals surface area (Å²) in [6.45, 7) is 3.82. The van der Waals surface area contributed by atoms with Crippen molar-refractivity contribution in [2.24, 2.45) is 5.10 Å². The summed E-state index contributed by atoms with van der Waals surface area (Å²) in [5.41, 5.74) is 2.60. The lowest BCUT2D eigenvalue weighted by Gasteiger charge is -2.19. The van der Waals surface area contributed by atoms with Gasteiger partial charge in [-0.15, -0.1) is 0 Å². The quantitative estimate of drug-likeness (QED) is 0.656. The number of halogens is 1. The van der Waals surface area contributed by atoms with E-state index in [0.29, 0.717) is 12.4 Å². The number of nitrogens with one attached hydrogen (secondary N) is 1. The van der Waals surface area contributed by atoms with Gasteiger partial charge in [0.2, 0.25) is 0 Å². The molecule has 1 aliphatic rings. The molecular weight excluding hydrogens is 173 g/mol. The average molecular weight is 185 g/mol. The van der Waals surface area contributed by atoms with Crippen molar-refractivity contribution in [2.75, 3.05) is 6.54 Å². The fourth-order valence-corrected chi connectivity index (χ4v) is 1.16. The first kappa shape index (κ1) is 9.70. The maximum atomic E-state index is 12.5. The van der Waals surface area contributed by atoms with Gasteiger partial charge in [0.05, 0.1) is 0 Å². The molecule has 0 radical (unpaired) electrons. The third kappa shape index (κ3) is 2.05. The second-order valence-corrected chi connectivity index (χ2v) is 2.70. The first-order valence-corrected chi connectivity index (χ1v) is 4.08. The second-order valence-electron chi connectivity index (χ2n) is 2.70. The Morgan fingerprint density at radius 2 is 2.54 bits per heavy atom. The minimum Gasteiger partial charge on any atom is -0.328 e. The molecule has 0 aromatic carbocycles. The Bertz CT molecular complexity index is 258. The van der Waals surface area contributed by atoms with Crippen LogP contribution in [0, 0.1) is 0 Å². The highest BCUT2D eigenvalue weighted by molar-refractivity contribution is 5.96. The molecule has 0 aliphatic carbocycles. The van der Waals surface area contributed by atoms with Gasteiger partial charge in [0.15, 0.2) is 18.3 Å². The molecule has 1 aliphatic heterocycles. The van der Waals surface area contributed by atoms with Gasteiger partial charge in [-0.05, 0) is 13.8 Å². The minimum absolute atomic E-state index is 0.328. The normalized spacial score (nSPS) is 22.7. The van der Waals surface area contributed by atoms with Crippen LogP contribution in [0.3, 0.4) is 0 Å². The molecule has 0 aromatic heterocycles. The van der Waals surface area contributed by atoms with Crippen molar-refractivity contribution in [3.05, 3.63) is 11.9 Å². The van der Waals surface area contributed by atoms with Crippen molar-refractivity contribution >= 4 is 12.1 Å². The number of allylic oxidation sites excluding steroid dienone is 1. The molecular formula is C8H12FN3O. The van der Waals surface area contributed by atoms with Gasteiger partial charge in [-0.25, -0.2) is 4.39 Å². The van der Waals surface area contributed by atoms with Gasteiger partial charge in [0.25, 0.3) is 0 Å². The van der Waals surface area contributed by atoms with Crippen molar-refractivity contribution < 1.29 is 9.18 Å². The molecule has 0 spiro atoms. The highest BCUT2D eigenvalue weighted by atomic mass is 19.1. The van der Waals surface area contributed by atoms with Gasteiger partial charge < -0.3 is 4.90 Å². The lowest BCUT2D eigenvalue weighted by atomic mass is 10.3. The van der Waals surface area contributed by atoms with Gasteiger partial charge in [-0.3, -0.25) is 10.2 Å². The number of hydrazone groups is 1. The summed E-state index contributed by atoms with van der Waals surface area (Å²) >= 11 is 0. The smallest absolute Gasteiger partial charge is 0.173 e. The van der Waals surface area contributed by atoms with Crippen molar-refractivity contribution in [3.8, 4) is 0 Å². The first-order valence-electron chi connectivity index (χ1n) is 4.08. The van der Waals surface area contributed by atoms with E-state index >= 15 is 0 Å². The van der Waals surface area contributed by atoms with Gasteiger partial charge in [0.1, 0.15) is 5.83 Å². The van der Waals surface area contributed by atoms with E-state index in [1.165, 1.54) is 13.0 Å². The van der Waals surface area contributed by atoms with Crippen LogP contribution in [0.5, 0.6) is 0 Å². The second kappa shape index (κ2) is 4.02. The summed E-state index contributed by atoms with van der Waals surface area (Å²) < 4.78 is 12.5. The number of hydrogen-bond donors (Lipinski definition) is 1. The SMILES string of the molecule is CCN1C(C=C(C)F)=NNC1C=O. The van der Waals surface area contributed by atoms with Crippen LogP contribution in [0.15, 0.2) is 17.0 Å². The topological polar surface area (TPSA) is 44.7 Å². The molecule has 1 N–H and O–H groups in total. The fourth-order valence-electron chi connectivity index (χ4n) is 1.16. The molecule has 0 saturated heterocycles. The predicted molar refractivity (Wildman–Crippen MR) is 47.7 cm³/mol. The van der Waals surface area contributed by atoms with E-state index in [0.717, 1.165) is 6.29 Å². The molecule has 1 unspecified atom stereocenters. The third-order valence-electron chi connectivity index (χ3n) is 1.74. The van der Waals surface area contributed by atoms with Crippen molar-refractivity contribution in [1.29, 1.82) is 0 Å². The van der Waals surface area contributed by atoms with E-state index in [1.54, 1.807) is 4.90 Å². The molecule has 0 aromatic rings. The minimum atomic E-state index is -0.462. The number of carbonyl (C=O) groups excluding carboxylic acids is 1. The van der Waals surface area contributed by atoms with Crippen LogP contribution in [0.25, 0.3) is 0 Å². The number of hydrogen-bond acceptors (Lipinski definition) is 4. The molecule has 0 fully saturated rings. The maximum Gasteiger partial charge on any atom is 0.173 e. The zero-order valence-corrected chi connectivity index (χ0v) is 7.62. The highest BCUT2D eigenvalue weighted by Gasteiger charge is 2.23. The van der Waals surface area contributed by atoms with Crippen LogP contribution >= 0.6 is 0 Å². The zero-order chi connectivity index (χ0) is 9.84. The van der Waals surface area contributed by atoms with Gasteiger partial charge >= 0.3 is 0 Å². The molecule has 1 rings (SSSR count). The average Bonchev–Trinajstić information content (AvgIpc) is 2.45. The van der Waals surface area contributed by atoms with E-state index in [4.69, 9.17) is 0 Å². The van der Waals surface area contributed by atoms with Crippen LogP contribution in [-0.4, -0.2) is 29.7 Å². The number of likely N-dealkylation sites (N-methyl/N-ethyl adjacent to an activating group) is 1. The summed E-state index contributed by atoms with van der Waals surface area (Å²) in [6.07, 6.45) is 1.57. The Morgan fingerprint density at radius 1 is 1.85 bits per heavy atom. The van der Waals surface area contributed by atoms with E-state index in [-0.39, 0.29) is 5.83 Å². The summed E-state index contributed by atoms with van der Waals surface area (Å²) in [5.74, 6) is 0.130. The Balaban J connectivity index is 2.77. The Labute approximate surface area is 76.1 Å².